The molecule has 6 heteroatoms. The molecule has 25 heavy (non-hydrogen) atoms. The summed E-state index contributed by atoms with van der Waals surface area (Å²) in [5, 5.41) is 12.6. The van der Waals surface area contributed by atoms with Crippen molar-refractivity contribution in [3.05, 3.63) is 48.0 Å². The van der Waals surface area contributed by atoms with Crippen LogP contribution in [0.3, 0.4) is 0 Å². The summed E-state index contributed by atoms with van der Waals surface area (Å²) in [6.07, 6.45) is 0. The number of nitrogens with one attached hydrogen (secondary N) is 2. The van der Waals surface area contributed by atoms with Gasteiger partial charge in [0.15, 0.2) is 0 Å². The number of hydrogen-bond donors (Lipinski definition) is 2. The van der Waals surface area contributed by atoms with Gasteiger partial charge in [-0.3, -0.25) is 10.2 Å². The van der Waals surface area contributed by atoms with Crippen molar-refractivity contribution in [3.8, 4) is 22.6 Å². The molecule has 1 unspecified atom stereocenters. The largest absolute Gasteiger partial charge is 0.497 e. The van der Waals surface area contributed by atoms with Gasteiger partial charge in [0.25, 0.3) is 0 Å². The molecule has 1 heterocycles. The van der Waals surface area contributed by atoms with Crippen LogP contribution in [0.25, 0.3) is 11.1 Å². The molecule has 2 N–H and O–H groups in total. The smallest absolute Gasteiger partial charge is 0.216 e. The Bertz CT molecular complexity index is 793. The highest BCUT2D eigenvalue weighted by Crippen LogP contribution is 2.35. The Hall–Kier alpha value is -2.73. The van der Waals surface area contributed by atoms with Gasteiger partial charge in [-0.1, -0.05) is 18.2 Å². The van der Waals surface area contributed by atoms with Gasteiger partial charge in [0, 0.05) is 12.6 Å². The van der Waals surface area contributed by atoms with E-state index in [-0.39, 0.29) is 5.96 Å². The third-order valence-electron chi connectivity index (χ3n) is 4.47. The molecule has 6 nitrogen and oxygen atoms in total. The number of methoxy groups -OCH3 is 2. The van der Waals surface area contributed by atoms with Crippen molar-refractivity contribution < 1.29 is 14.3 Å². The average Bonchev–Trinajstić information content (AvgIpc) is 2.64. The lowest BCUT2D eigenvalue weighted by Gasteiger charge is -2.40. The Morgan fingerprint density at radius 2 is 1.96 bits per heavy atom. The SMILES string of the molecule is COc1ccc(OC)c(-c2cccc(C3(C)CON(C)C(=N)N3)c2)c1. The second kappa shape index (κ2) is 6.64. The Balaban J connectivity index is 2.01. The number of hydroxylamine groups is 2. The first-order valence-electron chi connectivity index (χ1n) is 8.03. The van der Waals surface area contributed by atoms with Crippen molar-refractivity contribution in [2.75, 3.05) is 27.9 Å². The number of ether oxygens (including phenoxy) is 2. The summed E-state index contributed by atoms with van der Waals surface area (Å²) in [6.45, 7) is 2.46. The molecule has 1 atom stereocenters. The molecule has 2 aromatic carbocycles. The minimum absolute atomic E-state index is 0.234. The van der Waals surface area contributed by atoms with E-state index < -0.39 is 5.54 Å². The van der Waals surface area contributed by atoms with Gasteiger partial charge >= 0.3 is 0 Å². The summed E-state index contributed by atoms with van der Waals surface area (Å²) >= 11 is 0. The summed E-state index contributed by atoms with van der Waals surface area (Å²) in [5.74, 6) is 1.79. The van der Waals surface area contributed by atoms with Gasteiger partial charge in [-0.05, 0) is 42.3 Å². The van der Waals surface area contributed by atoms with Crippen LogP contribution in [-0.2, 0) is 10.4 Å². The quantitative estimate of drug-likeness (QED) is 0.895. The number of nitrogens with zero attached hydrogens (tertiary/aromatic N) is 1. The summed E-state index contributed by atoms with van der Waals surface area (Å²) in [5.41, 5.74) is 2.52. The Morgan fingerprint density at radius 3 is 2.64 bits per heavy atom. The van der Waals surface area contributed by atoms with Gasteiger partial charge in [-0.15, -0.1) is 0 Å². The number of benzene rings is 2. The van der Waals surface area contributed by atoms with Gasteiger partial charge in [-0.25, -0.2) is 5.06 Å². The number of rotatable bonds is 4. The minimum Gasteiger partial charge on any atom is -0.497 e. The second-order valence-corrected chi connectivity index (χ2v) is 6.22. The van der Waals surface area contributed by atoms with Crippen molar-refractivity contribution in [3.63, 3.8) is 0 Å². The third-order valence-corrected chi connectivity index (χ3v) is 4.47. The molecule has 0 aromatic heterocycles. The van der Waals surface area contributed by atoms with Gasteiger partial charge < -0.3 is 14.8 Å². The zero-order valence-corrected chi connectivity index (χ0v) is 14.9. The maximum absolute atomic E-state index is 7.99. The van der Waals surface area contributed by atoms with E-state index in [1.54, 1.807) is 21.3 Å². The average molecular weight is 341 g/mol. The molecule has 2 aromatic rings. The summed E-state index contributed by atoms with van der Waals surface area (Å²) in [6, 6.07) is 13.9. The lowest BCUT2D eigenvalue weighted by molar-refractivity contribution is -0.126. The van der Waals surface area contributed by atoms with Crippen LogP contribution in [0.1, 0.15) is 12.5 Å². The van der Waals surface area contributed by atoms with Crippen molar-refractivity contribution in [2.45, 2.75) is 12.5 Å². The van der Waals surface area contributed by atoms with E-state index in [1.807, 2.05) is 43.3 Å². The van der Waals surface area contributed by atoms with Gasteiger partial charge in [0.2, 0.25) is 5.96 Å². The lowest BCUT2D eigenvalue weighted by atomic mass is 9.89. The van der Waals surface area contributed by atoms with Crippen LogP contribution in [-0.4, -0.2) is 38.9 Å². The molecule has 0 spiro atoms. The summed E-state index contributed by atoms with van der Waals surface area (Å²) < 4.78 is 10.9. The van der Waals surface area contributed by atoms with Crippen LogP contribution in [0, 0.1) is 5.41 Å². The van der Waals surface area contributed by atoms with Crippen LogP contribution < -0.4 is 14.8 Å². The maximum atomic E-state index is 7.99. The molecular weight excluding hydrogens is 318 g/mol. The van der Waals surface area contributed by atoms with Crippen LogP contribution in [0.2, 0.25) is 0 Å². The predicted molar refractivity (Wildman–Crippen MR) is 96.9 cm³/mol. The van der Waals surface area contributed by atoms with Crippen LogP contribution in [0.5, 0.6) is 11.5 Å². The standard InChI is InChI=1S/C19H23N3O3/c1-19(12-25-22(2)18(20)21-19)14-7-5-6-13(10-14)16-11-15(23-3)8-9-17(16)24-4/h5-11H,12H2,1-4H3,(H2,20,21). The zero-order valence-electron chi connectivity index (χ0n) is 14.9. The van der Waals surface area contributed by atoms with E-state index in [2.05, 4.69) is 11.4 Å². The summed E-state index contributed by atoms with van der Waals surface area (Å²) in [7, 11) is 5.02. The van der Waals surface area contributed by atoms with E-state index in [4.69, 9.17) is 19.7 Å². The van der Waals surface area contributed by atoms with Crippen molar-refractivity contribution in [2.24, 2.45) is 0 Å². The molecule has 1 fully saturated rings. The first-order chi connectivity index (χ1) is 12.0. The first kappa shape index (κ1) is 17.1. The van der Waals surface area contributed by atoms with Crippen LogP contribution in [0.4, 0.5) is 0 Å². The fraction of sp³-hybridized carbons (Fsp3) is 0.316. The lowest BCUT2D eigenvalue weighted by Crippen LogP contribution is -2.57. The maximum Gasteiger partial charge on any atom is 0.216 e. The van der Waals surface area contributed by atoms with Gasteiger partial charge in [0.1, 0.15) is 18.1 Å². The number of guanidine groups is 1. The molecule has 0 saturated carbocycles. The van der Waals surface area contributed by atoms with E-state index in [0.717, 1.165) is 28.2 Å². The van der Waals surface area contributed by atoms with Crippen molar-refractivity contribution in [1.82, 2.24) is 10.4 Å². The van der Waals surface area contributed by atoms with Crippen LogP contribution >= 0.6 is 0 Å². The molecule has 0 aliphatic carbocycles. The molecule has 0 amide bonds. The molecule has 3 rings (SSSR count). The number of hydrogen-bond acceptors (Lipinski definition) is 4. The highest BCUT2D eigenvalue weighted by atomic mass is 16.7. The van der Waals surface area contributed by atoms with E-state index in [0.29, 0.717) is 6.61 Å². The van der Waals surface area contributed by atoms with Crippen molar-refractivity contribution in [1.29, 1.82) is 5.41 Å². The minimum atomic E-state index is -0.480. The normalized spacial score (nSPS) is 20.2. The molecule has 0 bridgehead atoms. The fourth-order valence-corrected chi connectivity index (χ4v) is 2.89. The highest BCUT2D eigenvalue weighted by molar-refractivity contribution is 5.78. The first-order valence-corrected chi connectivity index (χ1v) is 8.03. The van der Waals surface area contributed by atoms with E-state index in [1.165, 1.54) is 5.06 Å². The molecule has 0 radical (unpaired) electrons. The molecule has 1 saturated heterocycles. The van der Waals surface area contributed by atoms with Crippen molar-refractivity contribution >= 4 is 5.96 Å². The topological polar surface area (TPSA) is 66.8 Å². The molecule has 132 valence electrons. The Labute approximate surface area is 147 Å². The highest BCUT2D eigenvalue weighted by Gasteiger charge is 2.34. The zero-order chi connectivity index (χ0) is 18.0. The van der Waals surface area contributed by atoms with E-state index in [9.17, 15) is 0 Å². The van der Waals surface area contributed by atoms with Crippen LogP contribution in [0.15, 0.2) is 42.5 Å². The summed E-state index contributed by atoms with van der Waals surface area (Å²) in [4.78, 5) is 5.59. The third kappa shape index (κ3) is 3.25. The van der Waals surface area contributed by atoms with Gasteiger partial charge in [0.05, 0.1) is 19.8 Å². The molecule has 1 aliphatic heterocycles. The molecular formula is C19H23N3O3. The molecule has 1 aliphatic rings. The van der Waals surface area contributed by atoms with Gasteiger partial charge in [-0.2, -0.15) is 0 Å². The Kier molecular flexibility index (Phi) is 4.55. The Morgan fingerprint density at radius 1 is 1.16 bits per heavy atom. The monoisotopic (exact) mass is 341 g/mol. The predicted octanol–water partition coefficient (Wildman–Crippen LogP) is 2.99. The van der Waals surface area contributed by atoms with E-state index >= 15 is 0 Å². The second-order valence-electron chi connectivity index (χ2n) is 6.22. The fourth-order valence-electron chi connectivity index (χ4n) is 2.89.